The summed E-state index contributed by atoms with van der Waals surface area (Å²) < 4.78 is 0. The molecule has 0 unspecified atom stereocenters. The van der Waals surface area contributed by atoms with Crippen LogP contribution >= 0.6 is 0 Å². The first-order valence-electron chi connectivity index (χ1n) is 8.30. The predicted octanol–water partition coefficient (Wildman–Crippen LogP) is 3.94. The Labute approximate surface area is 129 Å². The Bertz CT molecular complexity index is 331. The maximum Gasteiger partial charge on any atom is 0.310 e. The van der Waals surface area contributed by atoms with Gasteiger partial charge in [0.05, 0.1) is 5.41 Å². The van der Waals surface area contributed by atoms with E-state index in [0.717, 1.165) is 12.8 Å². The van der Waals surface area contributed by atoms with E-state index in [2.05, 4.69) is 27.7 Å². The van der Waals surface area contributed by atoms with E-state index >= 15 is 0 Å². The molecule has 0 aliphatic heterocycles. The molecule has 0 heterocycles. The summed E-state index contributed by atoms with van der Waals surface area (Å²) in [4.78, 5) is 26.3. The maximum absolute atomic E-state index is 12.7. The highest BCUT2D eigenvalue weighted by atomic mass is 16.4. The van der Waals surface area contributed by atoms with Crippen LogP contribution in [0.25, 0.3) is 0 Å². The highest BCUT2D eigenvalue weighted by molar-refractivity contribution is 5.85. The lowest BCUT2D eigenvalue weighted by Crippen LogP contribution is -2.45. The second-order valence-electron chi connectivity index (χ2n) is 6.38. The molecule has 21 heavy (non-hydrogen) atoms. The van der Waals surface area contributed by atoms with Gasteiger partial charge < -0.3 is 10.0 Å². The van der Waals surface area contributed by atoms with Crippen molar-refractivity contribution in [3.8, 4) is 0 Å². The molecule has 0 aliphatic carbocycles. The second kappa shape index (κ2) is 9.06. The molecule has 0 atom stereocenters. The van der Waals surface area contributed by atoms with Crippen molar-refractivity contribution in [1.29, 1.82) is 0 Å². The molecule has 4 heteroatoms. The second-order valence-corrected chi connectivity index (χ2v) is 6.38. The monoisotopic (exact) mass is 299 g/mol. The summed E-state index contributed by atoms with van der Waals surface area (Å²) in [6.07, 6.45) is 2.91. The molecule has 0 aromatic heterocycles. The van der Waals surface area contributed by atoms with Gasteiger partial charge in [0, 0.05) is 19.0 Å². The van der Waals surface area contributed by atoms with Crippen LogP contribution in [0.4, 0.5) is 0 Å². The smallest absolute Gasteiger partial charge is 0.310 e. The Morgan fingerprint density at radius 1 is 1.05 bits per heavy atom. The molecule has 1 N–H and O–H groups in total. The zero-order chi connectivity index (χ0) is 16.6. The molecule has 0 rings (SSSR count). The van der Waals surface area contributed by atoms with E-state index in [9.17, 15) is 14.7 Å². The summed E-state index contributed by atoms with van der Waals surface area (Å²) in [5, 5.41) is 9.52. The van der Waals surface area contributed by atoms with Crippen LogP contribution < -0.4 is 0 Å². The Hall–Kier alpha value is -1.06. The van der Waals surface area contributed by atoms with E-state index in [1.807, 2.05) is 18.7 Å². The summed E-state index contributed by atoms with van der Waals surface area (Å²) in [5.41, 5.74) is -0.918. The van der Waals surface area contributed by atoms with Gasteiger partial charge in [-0.2, -0.15) is 0 Å². The minimum absolute atomic E-state index is 0.0106. The van der Waals surface area contributed by atoms with Gasteiger partial charge in [-0.05, 0) is 31.6 Å². The van der Waals surface area contributed by atoms with Crippen LogP contribution in [0.5, 0.6) is 0 Å². The summed E-state index contributed by atoms with van der Waals surface area (Å²) in [6.45, 7) is 12.8. The summed E-state index contributed by atoms with van der Waals surface area (Å²) in [5.74, 6) is -0.476. The van der Waals surface area contributed by atoms with Crippen LogP contribution in [0, 0.1) is 11.3 Å². The third-order valence-corrected chi connectivity index (χ3v) is 4.56. The minimum Gasteiger partial charge on any atom is -0.481 e. The molecule has 124 valence electrons. The number of carboxylic acid groups (broad SMARTS) is 1. The van der Waals surface area contributed by atoms with Gasteiger partial charge in [-0.1, -0.05) is 41.5 Å². The van der Waals surface area contributed by atoms with Crippen LogP contribution in [0.3, 0.4) is 0 Å². The van der Waals surface area contributed by atoms with Crippen molar-refractivity contribution in [1.82, 2.24) is 4.90 Å². The van der Waals surface area contributed by atoms with E-state index in [0.29, 0.717) is 25.3 Å². The van der Waals surface area contributed by atoms with Crippen molar-refractivity contribution in [3.05, 3.63) is 0 Å². The first-order valence-corrected chi connectivity index (χ1v) is 8.30. The van der Waals surface area contributed by atoms with Crippen LogP contribution in [0.2, 0.25) is 0 Å². The fourth-order valence-corrected chi connectivity index (χ4v) is 2.85. The average Bonchev–Trinajstić information content (AvgIpc) is 2.44. The van der Waals surface area contributed by atoms with Gasteiger partial charge in [-0.15, -0.1) is 0 Å². The Balaban J connectivity index is 5.23. The number of nitrogens with zero attached hydrogens (tertiary/aromatic N) is 1. The zero-order valence-corrected chi connectivity index (χ0v) is 14.6. The standard InChI is InChI=1S/C17H33NO3/c1-7-14(8-2)18(12-13(5)6)15(19)11-17(9-3,10-4)16(20)21/h13-14H,7-12H2,1-6H3,(H,20,21). The molecule has 0 aromatic carbocycles. The average molecular weight is 299 g/mol. The molecule has 0 fully saturated rings. The molecule has 0 radical (unpaired) electrons. The van der Waals surface area contributed by atoms with Crippen molar-refractivity contribution in [2.24, 2.45) is 11.3 Å². The molecule has 4 nitrogen and oxygen atoms in total. The largest absolute Gasteiger partial charge is 0.481 e. The number of amides is 1. The predicted molar refractivity (Wildman–Crippen MR) is 86.2 cm³/mol. The molecule has 0 spiro atoms. The van der Waals surface area contributed by atoms with Gasteiger partial charge >= 0.3 is 5.97 Å². The lowest BCUT2D eigenvalue weighted by molar-refractivity contribution is -0.155. The van der Waals surface area contributed by atoms with E-state index in [-0.39, 0.29) is 18.4 Å². The topological polar surface area (TPSA) is 57.6 Å². The van der Waals surface area contributed by atoms with Crippen LogP contribution in [-0.4, -0.2) is 34.5 Å². The third kappa shape index (κ3) is 5.33. The number of hydrogen-bond donors (Lipinski definition) is 1. The van der Waals surface area contributed by atoms with Gasteiger partial charge in [0.25, 0.3) is 0 Å². The lowest BCUT2D eigenvalue weighted by atomic mass is 9.78. The molecule has 1 amide bonds. The van der Waals surface area contributed by atoms with Crippen molar-refractivity contribution in [3.63, 3.8) is 0 Å². The third-order valence-electron chi connectivity index (χ3n) is 4.56. The van der Waals surface area contributed by atoms with E-state index in [1.54, 1.807) is 0 Å². The molecular formula is C17H33NO3. The number of rotatable bonds is 10. The van der Waals surface area contributed by atoms with Gasteiger partial charge in [0.15, 0.2) is 0 Å². The number of carbonyl (C=O) groups excluding carboxylic acids is 1. The fourth-order valence-electron chi connectivity index (χ4n) is 2.85. The van der Waals surface area contributed by atoms with E-state index in [4.69, 9.17) is 0 Å². The number of carboxylic acids is 1. The SMILES string of the molecule is CCC(CC)N(CC(C)C)C(=O)CC(CC)(CC)C(=O)O. The lowest BCUT2D eigenvalue weighted by Gasteiger charge is -2.35. The van der Waals surface area contributed by atoms with Crippen molar-refractivity contribution in [2.45, 2.75) is 79.7 Å². The first-order chi connectivity index (χ1) is 9.77. The maximum atomic E-state index is 12.7. The Morgan fingerprint density at radius 3 is 1.81 bits per heavy atom. The van der Waals surface area contributed by atoms with Gasteiger partial charge in [0.2, 0.25) is 5.91 Å². The summed E-state index contributed by atoms with van der Waals surface area (Å²) >= 11 is 0. The minimum atomic E-state index is -0.918. The molecule has 0 bridgehead atoms. The fraction of sp³-hybridized carbons (Fsp3) is 0.882. The van der Waals surface area contributed by atoms with Gasteiger partial charge in [0.1, 0.15) is 0 Å². The molecular weight excluding hydrogens is 266 g/mol. The van der Waals surface area contributed by atoms with Gasteiger partial charge in [-0.25, -0.2) is 0 Å². The number of aliphatic carboxylic acids is 1. The van der Waals surface area contributed by atoms with E-state index in [1.165, 1.54) is 0 Å². The van der Waals surface area contributed by atoms with Crippen molar-refractivity contribution >= 4 is 11.9 Å². The molecule has 0 aliphatic rings. The molecule has 0 aromatic rings. The van der Waals surface area contributed by atoms with Gasteiger partial charge in [-0.3, -0.25) is 9.59 Å². The van der Waals surface area contributed by atoms with Crippen molar-refractivity contribution < 1.29 is 14.7 Å². The first kappa shape index (κ1) is 19.9. The molecule has 0 saturated carbocycles. The zero-order valence-electron chi connectivity index (χ0n) is 14.6. The summed E-state index contributed by atoms with van der Waals surface area (Å²) in [7, 11) is 0. The summed E-state index contributed by atoms with van der Waals surface area (Å²) in [6, 6.07) is 0.208. The Morgan fingerprint density at radius 2 is 1.52 bits per heavy atom. The highest BCUT2D eigenvalue weighted by Gasteiger charge is 2.39. The quantitative estimate of drug-likeness (QED) is 0.664. The Kier molecular flexibility index (Phi) is 8.60. The van der Waals surface area contributed by atoms with Crippen LogP contribution in [-0.2, 0) is 9.59 Å². The van der Waals surface area contributed by atoms with Crippen LogP contribution in [0.1, 0.15) is 73.6 Å². The van der Waals surface area contributed by atoms with E-state index < -0.39 is 11.4 Å². The number of carbonyl (C=O) groups is 2. The van der Waals surface area contributed by atoms with Crippen molar-refractivity contribution in [2.75, 3.05) is 6.54 Å². The van der Waals surface area contributed by atoms with Crippen LogP contribution in [0.15, 0.2) is 0 Å². The highest BCUT2D eigenvalue weighted by Crippen LogP contribution is 2.32. The normalized spacial score (nSPS) is 12.0. The molecule has 0 saturated heterocycles. The number of hydrogen-bond acceptors (Lipinski definition) is 2.